The molecule has 0 saturated heterocycles. The average molecular weight is 398 g/mol. The molecule has 158 valence electrons. The second-order valence-electron chi connectivity index (χ2n) is 9.92. The van der Waals surface area contributed by atoms with Gasteiger partial charge in [-0.1, -0.05) is 53.7 Å². The first-order chi connectivity index (χ1) is 13.3. The Morgan fingerprint density at radius 2 is 1.48 bits per heavy atom. The van der Waals surface area contributed by atoms with E-state index in [1.807, 2.05) is 6.92 Å². The molecule has 0 heterocycles. The molecule has 29 heavy (non-hydrogen) atoms. The van der Waals surface area contributed by atoms with Gasteiger partial charge in [0.05, 0.1) is 11.7 Å². The van der Waals surface area contributed by atoms with Gasteiger partial charge >= 0.3 is 5.97 Å². The number of aryl methyl sites for hydroxylation is 1. The number of anilines is 1. The molecule has 2 aromatic rings. The standard InChI is InChI=1S/C25H35NO3/c1-16(29-23(28)18-10-12-19(26)13-11-18)8-9-17-14-20(24(2,3)4)22(27)21(15-17)25(5,6)7/h10-16,27H,8-9,26H2,1-7H3. The van der Waals surface area contributed by atoms with Gasteiger partial charge in [0.15, 0.2) is 0 Å². The van der Waals surface area contributed by atoms with Crippen molar-refractivity contribution in [1.29, 1.82) is 0 Å². The zero-order valence-electron chi connectivity index (χ0n) is 18.8. The van der Waals surface area contributed by atoms with Crippen LogP contribution in [-0.4, -0.2) is 17.2 Å². The Hall–Kier alpha value is -2.49. The van der Waals surface area contributed by atoms with Crippen molar-refractivity contribution >= 4 is 11.7 Å². The van der Waals surface area contributed by atoms with E-state index < -0.39 is 0 Å². The Bertz CT molecular complexity index is 820. The van der Waals surface area contributed by atoms with Crippen LogP contribution < -0.4 is 5.73 Å². The van der Waals surface area contributed by atoms with Gasteiger partial charge in [-0.05, 0) is 71.6 Å². The highest BCUT2D eigenvalue weighted by Gasteiger charge is 2.26. The number of phenolic OH excluding ortho intramolecular Hbond substituents is 1. The Balaban J connectivity index is 2.15. The summed E-state index contributed by atoms with van der Waals surface area (Å²) in [6.07, 6.45) is 1.26. The van der Waals surface area contributed by atoms with Gasteiger partial charge in [0.25, 0.3) is 0 Å². The summed E-state index contributed by atoms with van der Waals surface area (Å²) < 4.78 is 5.59. The minimum Gasteiger partial charge on any atom is -0.507 e. The quantitative estimate of drug-likeness (QED) is 0.498. The van der Waals surface area contributed by atoms with Crippen molar-refractivity contribution in [1.82, 2.24) is 0 Å². The van der Waals surface area contributed by atoms with E-state index in [0.717, 1.165) is 23.1 Å². The molecule has 0 radical (unpaired) electrons. The molecule has 0 bridgehead atoms. The Labute approximate surface area is 175 Å². The van der Waals surface area contributed by atoms with E-state index in [2.05, 4.69) is 53.7 Å². The number of nitrogens with two attached hydrogens (primary N) is 1. The lowest BCUT2D eigenvalue weighted by Gasteiger charge is -2.28. The predicted octanol–water partition coefficient (Wildman–Crippen LogP) is 5.75. The fourth-order valence-electron chi connectivity index (χ4n) is 3.28. The maximum absolute atomic E-state index is 12.3. The van der Waals surface area contributed by atoms with E-state index >= 15 is 0 Å². The van der Waals surface area contributed by atoms with Crippen molar-refractivity contribution in [3.63, 3.8) is 0 Å². The molecule has 1 unspecified atom stereocenters. The number of benzene rings is 2. The SMILES string of the molecule is CC(CCc1cc(C(C)(C)C)c(O)c(C(C)(C)C)c1)OC(=O)c1ccc(N)cc1. The van der Waals surface area contributed by atoms with Crippen LogP contribution in [-0.2, 0) is 22.0 Å². The van der Waals surface area contributed by atoms with Gasteiger partial charge < -0.3 is 15.6 Å². The van der Waals surface area contributed by atoms with Crippen LogP contribution in [0, 0.1) is 0 Å². The van der Waals surface area contributed by atoms with Crippen molar-refractivity contribution in [3.8, 4) is 5.75 Å². The molecule has 0 aliphatic carbocycles. The molecule has 0 fully saturated rings. The topological polar surface area (TPSA) is 72.5 Å². The number of hydrogen-bond donors (Lipinski definition) is 2. The summed E-state index contributed by atoms with van der Waals surface area (Å²) >= 11 is 0. The summed E-state index contributed by atoms with van der Waals surface area (Å²) in [5.74, 6) is 0.0468. The molecule has 3 N–H and O–H groups in total. The molecule has 0 saturated carbocycles. The maximum atomic E-state index is 12.3. The molecule has 4 heteroatoms. The van der Waals surface area contributed by atoms with E-state index in [1.54, 1.807) is 24.3 Å². The molecule has 0 aliphatic rings. The normalized spacial score (nSPS) is 13.2. The van der Waals surface area contributed by atoms with Crippen LogP contribution in [0.15, 0.2) is 36.4 Å². The van der Waals surface area contributed by atoms with Crippen LogP contribution >= 0.6 is 0 Å². The van der Waals surface area contributed by atoms with Crippen LogP contribution in [0.1, 0.15) is 81.9 Å². The zero-order valence-corrected chi connectivity index (χ0v) is 18.8. The summed E-state index contributed by atoms with van der Waals surface area (Å²) in [5.41, 5.74) is 9.51. The van der Waals surface area contributed by atoms with E-state index in [4.69, 9.17) is 10.5 Å². The summed E-state index contributed by atoms with van der Waals surface area (Å²) in [5, 5.41) is 10.8. The lowest BCUT2D eigenvalue weighted by atomic mass is 9.78. The summed E-state index contributed by atoms with van der Waals surface area (Å²) in [6, 6.07) is 10.9. The van der Waals surface area contributed by atoms with Crippen molar-refractivity contribution in [2.45, 2.75) is 78.2 Å². The second kappa shape index (κ2) is 8.48. The lowest BCUT2D eigenvalue weighted by Crippen LogP contribution is -2.19. The highest BCUT2D eigenvalue weighted by molar-refractivity contribution is 5.89. The number of ether oxygens (including phenoxy) is 1. The fourth-order valence-corrected chi connectivity index (χ4v) is 3.28. The van der Waals surface area contributed by atoms with Gasteiger partial charge in [-0.2, -0.15) is 0 Å². The highest BCUT2D eigenvalue weighted by atomic mass is 16.5. The number of carbonyl (C=O) groups excluding carboxylic acids is 1. The number of esters is 1. The third-order valence-corrected chi connectivity index (χ3v) is 5.08. The molecule has 0 amide bonds. The third kappa shape index (κ3) is 5.99. The first-order valence-electron chi connectivity index (χ1n) is 10.2. The molecular formula is C25H35NO3. The molecule has 0 aliphatic heterocycles. The van der Waals surface area contributed by atoms with Crippen LogP contribution in [0.2, 0.25) is 0 Å². The predicted molar refractivity (Wildman–Crippen MR) is 120 cm³/mol. The molecule has 1 atom stereocenters. The van der Waals surface area contributed by atoms with Crippen molar-refractivity contribution in [2.75, 3.05) is 5.73 Å². The summed E-state index contributed by atoms with van der Waals surface area (Å²) in [6.45, 7) is 14.5. The minimum atomic E-state index is -0.339. The number of nitrogen functional groups attached to an aromatic ring is 1. The summed E-state index contributed by atoms with van der Waals surface area (Å²) in [7, 11) is 0. The monoisotopic (exact) mass is 397 g/mol. The zero-order chi connectivity index (χ0) is 22.0. The summed E-state index contributed by atoms with van der Waals surface area (Å²) in [4.78, 5) is 12.3. The van der Waals surface area contributed by atoms with E-state index in [0.29, 0.717) is 23.4 Å². The van der Waals surface area contributed by atoms with Crippen LogP contribution in [0.5, 0.6) is 5.75 Å². The molecule has 2 aromatic carbocycles. The Morgan fingerprint density at radius 1 is 1.00 bits per heavy atom. The molecule has 4 nitrogen and oxygen atoms in total. The Kier molecular flexibility index (Phi) is 6.67. The molecule has 2 rings (SSSR count). The van der Waals surface area contributed by atoms with Gasteiger partial charge in [0.2, 0.25) is 0 Å². The van der Waals surface area contributed by atoms with E-state index in [-0.39, 0.29) is 22.9 Å². The molecule has 0 aromatic heterocycles. The van der Waals surface area contributed by atoms with Crippen LogP contribution in [0.25, 0.3) is 0 Å². The average Bonchev–Trinajstić information content (AvgIpc) is 2.59. The molecular weight excluding hydrogens is 362 g/mol. The molecule has 0 spiro atoms. The second-order valence-corrected chi connectivity index (χ2v) is 9.92. The first-order valence-corrected chi connectivity index (χ1v) is 10.2. The smallest absolute Gasteiger partial charge is 0.338 e. The van der Waals surface area contributed by atoms with Gasteiger partial charge in [-0.25, -0.2) is 4.79 Å². The number of rotatable bonds is 5. The number of phenols is 1. The highest BCUT2D eigenvalue weighted by Crippen LogP contribution is 2.40. The van der Waals surface area contributed by atoms with Gasteiger partial charge in [0, 0.05) is 5.69 Å². The number of carbonyl (C=O) groups is 1. The first kappa shape index (κ1) is 22.8. The van der Waals surface area contributed by atoms with Crippen LogP contribution in [0.3, 0.4) is 0 Å². The van der Waals surface area contributed by atoms with E-state index in [9.17, 15) is 9.90 Å². The van der Waals surface area contributed by atoms with Gasteiger partial charge in [-0.15, -0.1) is 0 Å². The van der Waals surface area contributed by atoms with Crippen LogP contribution in [0.4, 0.5) is 5.69 Å². The lowest BCUT2D eigenvalue weighted by molar-refractivity contribution is 0.0325. The van der Waals surface area contributed by atoms with Crippen molar-refractivity contribution in [2.24, 2.45) is 0 Å². The maximum Gasteiger partial charge on any atom is 0.338 e. The Morgan fingerprint density at radius 3 is 1.93 bits per heavy atom. The van der Waals surface area contributed by atoms with Gasteiger partial charge in [-0.3, -0.25) is 0 Å². The van der Waals surface area contributed by atoms with Crippen molar-refractivity contribution < 1.29 is 14.6 Å². The number of aromatic hydroxyl groups is 1. The third-order valence-electron chi connectivity index (χ3n) is 5.08. The minimum absolute atomic E-state index is 0.159. The van der Waals surface area contributed by atoms with Gasteiger partial charge in [0.1, 0.15) is 5.75 Å². The van der Waals surface area contributed by atoms with Crippen molar-refractivity contribution in [3.05, 3.63) is 58.7 Å². The largest absolute Gasteiger partial charge is 0.507 e. The number of hydrogen-bond acceptors (Lipinski definition) is 4. The fraction of sp³-hybridized carbons (Fsp3) is 0.480. The van der Waals surface area contributed by atoms with E-state index in [1.165, 1.54) is 0 Å².